The third-order valence-electron chi connectivity index (χ3n) is 5.18. The Bertz CT molecular complexity index is 1630. The van der Waals surface area contributed by atoms with Gasteiger partial charge in [0.25, 0.3) is 5.16 Å². The molecule has 0 unspecified atom stereocenters. The fourth-order valence-corrected chi connectivity index (χ4v) is 4.29. The van der Waals surface area contributed by atoms with E-state index in [0.29, 0.717) is 6.07 Å². The van der Waals surface area contributed by atoms with Crippen molar-refractivity contribution >= 4 is 32.4 Å². The number of hydrogen-bond donors (Lipinski definition) is 1. The van der Waals surface area contributed by atoms with Crippen molar-refractivity contribution in [3.63, 3.8) is 0 Å². The molecule has 4 rings (SSSR count). The molecule has 0 bridgehead atoms. The summed E-state index contributed by atoms with van der Waals surface area (Å²) in [5.41, 5.74) is -3.28. The molecule has 0 spiro atoms. The van der Waals surface area contributed by atoms with E-state index >= 15 is 0 Å². The molecule has 4 heterocycles. The minimum Gasteiger partial charge on any atom is -0.365 e. The van der Waals surface area contributed by atoms with Crippen LogP contribution in [0.25, 0.3) is 22.4 Å². The average Bonchev–Trinajstić information content (AvgIpc) is 2.87. The van der Waals surface area contributed by atoms with Crippen LogP contribution in [-0.4, -0.2) is 45.9 Å². The molecule has 0 saturated carbocycles. The normalized spacial score (nSPS) is 12.7. The maximum Gasteiger partial charge on any atom is 0.433 e. The van der Waals surface area contributed by atoms with Crippen molar-refractivity contribution in [2.24, 2.45) is 5.92 Å². The molecule has 4 aromatic rings. The maximum absolute atomic E-state index is 13.6. The summed E-state index contributed by atoms with van der Waals surface area (Å²) in [6.45, 7) is 3.71. The molecule has 0 aliphatic heterocycles. The van der Waals surface area contributed by atoms with Crippen LogP contribution in [0.2, 0.25) is 0 Å². The average molecular weight is 587 g/mol. The summed E-state index contributed by atoms with van der Waals surface area (Å²) in [6.07, 6.45) is -7.43. The van der Waals surface area contributed by atoms with Crippen LogP contribution >= 0.6 is 0 Å². The molecule has 0 saturated heterocycles. The topological polar surface area (TPSA) is 120 Å². The fraction of sp³-hybridized carbons (Fsp3) is 0.292. The molecule has 1 N–H and O–H groups in total. The molecule has 212 valence electrons. The quantitative estimate of drug-likeness (QED) is 0.206. The molecule has 0 fully saturated rings. The number of nitrogens with zero attached hydrogens (tertiary/aromatic N) is 5. The first-order chi connectivity index (χ1) is 18.6. The van der Waals surface area contributed by atoms with Gasteiger partial charge < -0.3 is 10.1 Å². The SMILES string of the molecule is CC(C)COCS(=O)(=O)c1nc(Nc2ccc(C(F)(F)F)nc2)c2ccc(-c3ncccc3C(F)(F)F)nc2n1. The summed E-state index contributed by atoms with van der Waals surface area (Å²) >= 11 is 0. The van der Waals surface area contributed by atoms with Gasteiger partial charge >= 0.3 is 12.4 Å². The van der Waals surface area contributed by atoms with Crippen LogP contribution in [-0.2, 0) is 26.9 Å². The van der Waals surface area contributed by atoms with Gasteiger partial charge in [0.2, 0.25) is 9.84 Å². The molecular weight excluding hydrogens is 566 g/mol. The molecule has 4 aromatic heterocycles. The summed E-state index contributed by atoms with van der Waals surface area (Å²) in [4.78, 5) is 19.2. The Morgan fingerprint density at radius 2 is 1.68 bits per heavy atom. The molecular formula is C24H20F6N6O3S. The highest BCUT2D eigenvalue weighted by molar-refractivity contribution is 7.91. The predicted molar refractivity (Wildman–Crippen MR) is 131 cm³/mol. The van der Waals surface area contributed by atoms with E-state index in [9.17, 15) is 34.8 Å². The number of halogens is 6. The highest BCUT2D eigenvalue weighted by atomic mass is 32.2. The standard InChI is InChI=1S/C24H20F6N6O3S/c1-13(2)11-39-12-40(37,38)22-35-20(33-14-5-8-18(32-10-14)24(28,29)30)15-6-7-17(34-21(15)36-22)19-16(23(25,26)27)4-3-9-31-19/h3-10,13H,11-12H2,1-2H3,(H,33,34,35,36). The number of ether oxygens (including phenoxy) is 1. The lowest BCUT2D eigenvalue weighted by Crippen LogP contribution is -2.17. The lowest BCUT2D eigenvalue weighted by Gasteiger charge is -2.14. The fourth-order valence-electron chi connectivity index (χ4n) is 3.41. The van der Waals surface area contributed by atoms with Gasteiger partial charge in [-0.3, -0.25) is 4.98 Å². The maximum atomic E-state index is 13.6. The van der Waals surface area contributed by atoms with E-state index in [1.54, 1.807) is 13.8 Å². The number of alkyl halides is 6. The summed E-state index contributed by atoms with van der Waals surface area (Å²) in [6, 6.07) is 6.18. The van der Waals surface area contributed by atoms with E-state index in [1.165, 1.54) is 12.1 Å². The van der Waals surface area contributed by atoms with Crippen LogP contribution in [0.1, 0.15) is 25.1 Å². The van der Waals surface area contributed by atoms with Crippen molar-refractivity contribution < 1.29 is 39.5 Å². The van der Waals surface area contributed by atoms with E-state index in [-0.39, 0.29) is 40.8 Å². The predicted octanol–water partition coefficient (Wildman–Crippen LogP) is 5.67. The zero-order chi connectivity index (χ0) is 29.3. The molecule has 16 heteroatoms. The van der Waals surface area contributed by atoms with Crippen molar-refractivity contribution in [1.29, 1.82) is 0 Å². The number of pyridine rings is 3. The highest BCUT2D eigenvalue weighted by Gasteiger charge is 2.35. The Morgan fingerprint density at radius 3 is 2.30 bits per heavy atom. The zero-order valence-electron chi connectivity index (χ0n) is 20.7. The van der Waals surface area contributed by atoms with Crippen LogP contribution < -0.4 is 5.32 Å². The van der Waals surface area contributed by atoms with Gasteiger partial charge in [-0.2, -0.15) is 36.3 Å². The van der Waals surface area contributed by atoms with E-state index in [4.69, 9.17) is 4.74 Å². The third-order valence-corrected chi connectivity index (χ3v) is 6.40. The second kappa shape index (κ2) is 10.9. The summed E-state index contributed by atoms with van der Waals surface area (Å²) in [5.74, 6) is -0.969. The van der Waals surface area contributed by atoms with Gasteiger partial charge in [0.15, 0.2) is 11.6 Å². The summed E-state index contributed by atoms with van der Waals surface area (Å²) in [5, 5.41) is 1.99. The van der Waals surface area contributed by atoms with Crippen LogP contribution in [0.15, 0.2) is 53.9 Å². The number of sulfone groups is 1. The molecule has 40 heavy (non-hydrogen) atoms. The zero-order valence-corrected chi connectivity index (χ0v) is 21.6. The number of rotatable bonds is 8. The Balaban J connectivity index is 1.84. The van der Waals surface area contributed by atoms with Gasteiger partial charge in [0.05, 0.1) is 35.1 Å². The Kier molecular flexibility index (Phi) is 7.94. The van der Waals surface area contributed by atoms with Gasteiger partial charge in [0.1, 0.15) is 17.2 Å². The van der Waals surface area contributed by atoms with E-state index in [0.717, 1.165) is 30.6 Å². The highest BCUT2D eigenvalue weighted by Crippen LogP contribution is 2.36. The van der Waals surface area contributed by atoms with Crippen LogP contribution in [0.4, 0.5) is 37.8 Å². The van der Waals surface area contributed by atoms with Gasteiger partial charge in [-0.15, -0.1) is 0 Å². The van der Waals surface area contributed by atoms with E-state index in [1.807, 2.05) is 0 Å². The minimum absolute atomic E-state index is 0.0144. The van der Waals surface area contributed by atoms with Gasteiger partial charge in [0, 0.05) is 6.20 Å². The number of hydrogen-bond acceptors (Lipinski definition) is 9. The van der Waals surface area contributed by atoms with Crippen molar-refractivity contribution in [3.05, 3.63) is 60.0 Å². The van der Waals surface area contributed by atoms with Gasteiger partial charge in [-0.1, -0.05) is 13.8 Å². The molecule has 0 aliphatic rings. The molecule has 9 nitrogen and oxygen atoms in total. The largest absolute Gasteiger partial charge is 0.433 e. The molecule has 0 radical (unpaired) electrons. The molecule has 0 amide bonds. The van der Waals surface area contributed by atoms with Gasteiger partial charge in [-0.25, -0.2) is 18.4 Å². The van der Waals surface area contributed by atoms with Crippen molar-refractivity contribution in [2.45, 2.75) is 31.4 Å². The van der Waals surface area contributed by atoms with Crippen molar-refractivity contribution in [2.75, 3.05) is 17.9 Å². The Morgan fingerprint density at radius 1 is 0.925 bits per heavy atom. The first-order valence-corrected chi connectivity index (χ1v) is 13.1. The Labute approximate surface area is 223 Å². The summed E-state index contributed by atoms with van der Waals surface area (Å²) < 4.78 is 111. The smallest absolute Gasteiger partial charge is 0.365 e. The number of nitrogens with one attached hydrogen (secondary N) is 1. The Hall–Kier alpha value is -3.92. The molecule has 0 aromatic carbocycles. The lowest BCUT2D eigenvalue weighted by molar-refractivity contribution is -0.141. The van der Waals surface area contributed by atoms with Crippen molar-refractivity contribution in [3.8, 4) is 11.4 Å². The van der Waals surface area contributed by atoms with E-state index < -0.39 is 50.2 Å². The molecule has 0 atom stereocenters. The molecule has 0 aliphatic carbocycles. The second-order valence-electron chi connectivity index (χ2n) is 8.87. The van der Waals surface area contributed by atoms with Crippen LogP contribution in [0.3, 0.4) is 0 Å². The van der Waals surface area contributed by atoms with Gasteiger partial charge in [-0.05, 0) is 42.3 Å². The van der Waals surface area contributed by atoms with Crippen LogP contribution in [0, 0.1) is 5.92 Å². The number of fused-ring (bicyclic) bond motifs is 1. The van der Waals surface area contributed by atoms with Crippen LogP contribution in [0.5, 0.6) is 0 Å². The number of anilines is 2. The third kappa shape index (κ3) is 6.62. The minimum atomic E-state index is -4.75. The van der Waals surface area contributed by atoms with Crippen molar-refractivity contribution in [1.82, 2.24) is 24.9 Å². The second-order valence-corrected chi connectivity index (χ2v) is 10.7. The lowest BCUT2D eigenvalue weighted by atomic mass is 10.1. The van der Waals surface area contributed by atoms with E-state index in [2.05, 4.69) is 30.2 Å². The first kappa shape index (κ1) is 29.1. The summed E-state index contributed by atoms with van der Waals surface area (Å²) in [7, 11) is -4.28. The first-order valence-electron chi connectivity index (χ1n) is 11.5. The number of aromatic nitrogens is 5. The monoisotopic (exact) mass is 586 g/mol.